The number of aromatic nitrogens is 2. The van der Waals surface area contributed by atoms with Gasteiger partial charge < -0.3 is 0 Å². The monoisotopic (exact) mass is 353 g/mol. The molecule has 1 N–H and O–H groups in total. The van der Waals surface area contributed by atoms with Crippen molar-refractivity contribution in [3.8, 4) is 0 Å². The first kappa shape index (κ1) is 12.7. The van der Waals surface area contributed by atoms with Gasteiger partial charge in [0.2, 0.25) is 0 Å². The number of hydrogen-bond acceptors (Lipinski definition) is 5. The summed E-state index contributed by atoms with van der Waals surface area (Å²) in [5.74, 6) is 0.234. The summed E-state index contributed by atoms with van der Waals surface area (Å²) in [5.41, 5.74) is 0. The van der Waals surface area contributed by atoms with Gasteiger partial charge in [-0.2, -0.15) is 0 Å². The predicted molar refractivity (Wildman–Crippen MR) is 69.9 cm³/mol. The number of hydrogen-bond donors (Lipinski definition) is 1. The molecule has 90 valence electrons. The molecular formula is C8H5BrClN3O2S2. The quantitative estimate of drug-likeness (QED) is 0.920. The summed E-state index contributed by atoms with van der Waals surface area (Å²) in [6.07, 6.45) is 2.70. The molecule has 0 atom stereocenters. The van der Waals surface area contributed by atoms with E-state index in [-0.39, 0.29) is 14.5 Å². The molecule has 17 heavy (non-hydrogen) atoms. The van der Waals surface area contributed by atoms with Crippen molar-refractivity contribution in [3.05, 3.63) is 33.5 Å². The number of thiazole rings is 1. The maximum Gasteiger partial charge on any atom is 0.274 e. The van der Waals surface area contributed by atoms with Crippen LogP contribution in [0.3, 0.4) is 0 Å². The van der Waals surface area contributed by atoms with E-state index in [1.165, 1.54) is 12.4 Å². The summed E-state index contributed by atoms with van der Waals surface area (Å²) < 4.78 is 27.0. The number of nitrogens with zero attached hydrogens (tertiary/aromatic N) is 2. The molecule has 5 nitrogen and oxygen atoms in total. The second-order valence-corrected chi connectivity index (χ2v) is 7.34. The molecule has 2 aromatic heterocycles. The number of sulfonamides is 1. The molecule has 2 rings (SSSR count). The van der Waals surface area contributed by atoms with Gasteiger partial charge in [0.15, 0.2) is 8.68 Å². The number of pyridine rings is 1. The summed E-state index contributed by atoms with van der Waals surface area (Å²) in [4.78, 5) is 7.59. The lowest BCUT2D eigenvalue weighted by Crippen LogP contribution is -2.12. The molecule has 2 aromatic rings. The first-order valence-corrected chi connectivity index (χ1v) is 7.70. The van der Waals surface area contributed by atoms with Crippen LogP contribution in [0.4, 0.5) is 5.82 Å². The predicted octanol–water partition coefficient (Wildman–Crippen LogP) is 2.75. The molecule has 0 radical (unpaired) electrons. The van der Waals surface area contributed by atoms with Gasteiger partial charge >= 0.3 is 0 Å². The van der Waals surface area contributed by atoms with Gasteiger partial charge in [0.05, 0.1) is 6.20 Å². The average Bonchev–Trinajstić information content (AvgIpc) is 2.69. The Morgan fingerprint density at radius 1 is 1.29 bits per heavy atom. The molecule has 9 heteroatoms. The fourth-order valence-electron chi connectivity index (χ4n) is 0.988. The van der Waals surface area contributed by atoms with Gasteiger partial charge in [0.25, 0.3) is 10.0 Å². The highest BCUT2D eigenvalue weighted by atomic mass is 79.9. The van der Waals surface area contributed by atoms with E-state index in [9.17, 15) is 8.42 Å². The van der Waals surface area contributed by atoms with E-state index < -0.39 is 10.0 Å². The van der Waals surface area contributed by atoms with E-state index >= 15 is 0 Å². The third-order valence-corrected chi connectivity index (χ3v) is 5.09. The Kier molecular flexibility index (Phi) is 3.67. The summed E-state index contributed by atoms with van der Waals surface area (Å²) >= 11 is 9.68. The van der Waals surface area contributed by atoms with Crippen molar-refractivity contribution >= 4 is 54.7 Å². The molecule has 0 aliphatic rings. The van der Waals surface area contributed by atoms with Crippen molar-refractivity contribution in [3.63, 3.8) is 0 Å². The van der Waals surface area contributed by atoms with Gasteiger partial charge in [0, 0.05) is 10.7 Å². The van der Waals surface area contributed by atoms with Crippen LogP contribution in [-0.2, 0) is 10.0 Å². The van der Waals surface area contributed by atoms with E-state index in [0.717, 1.165) is 15.8 Å². The number of anilines is 1. The van der Waals surface area contributed by atoms with Gasteiger partial charge in [-0.15, -0.1) is 0 Å². The molecule has 0 spiro atoms. The smallest absolute Gasteiger partial charge is 0.263 e. The summed E-state index contributed by atoms with van der Waals surface area (Å²) in [6, 6.07) is 3.23. The van der Waals surface area contributed by atoms with Gasteiger partial charge in [-0.1, -0.05) is 22.9 Å². The molecule has 0 saturated carbocycles. The topological polar surface area (TPSA) is 72.0 Å². The van der Waals surface area contributed by atoms with Crippen molar-refractivity contribution in [1.29, 1.82) is 0 Å². The Balaban J connectivity index is 2.26. The van der Waals surface area contributed by atoms with Crippen molar-refractivity contribution in [2.75, 3.05) is 4.72 Å². The van der Waals surface area contributed by atoms with Crippen LogP contribution >= 0.6 is 38.9 Å². The van der Waals surface area contributed by atoms with Crippen molar-refractivity contribution in [2.24, 2.45) is 0 Å². The highest BCUT2D eigenvalue weighted by Gasteiger charge is 2.18. The molecular weight excluding hydrogens is 350 g/mol. The second kappa shape index (κ2) is 4.89. The van der Waals surface area contributed by atoms with Gasteiger partial charge in [-0.3, -0.25) is 4.72 Å². The molecule has 0 fully saturated rings. The third kappa shape index (κ3) is 3.15. The lowest BCUT2D eigenvalue weighted by atomic mass is 10.5. The van der Waals surface area contributed by atoms with Crippen molar-refractivity contribution in [1.82, 2.24) is 9.97 Å². The SMILES string of the molecule is O=S(=O)(Nc1ccc(Br)cn1)c1cnc(Cl)s1. The maximum absolute atomic E-state index is 11.8. The number of nitrogens with one attached hydrogen (secondary N) is 1. The average molecular weight is 355 g/mol. The van der Waals surface area contributed by atoms with Crippen molar-refractivity contribution < 1.29 is 8.42 Å². The molecule has 0 unspecified atom stereocenters. The van der Waals surface area contributed by atoms with Crippen LogP contribution in [0.5, 0.6) is 0 Å². The fourth-order valence-corrected chi connectivity index (χ4v) is 3.52. The van der Waals surface area contributed by atoms with E-state index in [1.54, 1.807) is 12.1 Å². The molecule has 0 amide bonds. The van der Waals surface area contributed by atoms with E-state index in [0.29, 0.717) is 0 Å². The zero-order valence-electron chi connectivity index (χ0n) is 8.09. The summed E-state index contributed by atoms with van der Waals surface area (Å²) in [7, 11) is -3.66. The van der Waals surface area contributed by atoms with Gasteiger partial charge in [-0.05, 0) is 28.1 Å². The minimum Gasteiger partial charge on any atom is -0.263 e. The molecule has 0 aliphatic carbocycles. The van der Waals surface area contributed by atoms with Crippen molar-refractivity contribution in [2.45, 2.75) is 4.21 Å². The van der Waals surface area contributed by atoms with Gasteiger partial charge in [-0.25, -0.2) is 18.4 Å². The first-order valence-electron chi connectivity index (χ1n) is 4.23. The van der Waals surface area contributed by atoms with Crippen LogP contribution in [0.2, 0.25) is 4.47 Å². The van der Waals surface area contributed by atoms with Crippen LogP contribution in [0, 0.1) is 0 Å². The second-order valence-electron chi connectivity index (χ2n) is 2.90. The van der Waals surface area contributed by atoms with E-state index in [4.69, 9.17) is 11.6 Å². The minimum atomic E-state index is -3.66. The largest absolute Gasteiger partial charge is 0.274 e. The molecule has 0 aromatic carbocycles. The van der Waals surface area contributed by atoms with Crippen LogP contribution < -0.4 is 4.72 Å². The van der Waals surface area contributed by atoms with E-state index in [1.807, 2.05) is 0 Å². The first-order chi connectivity index (χ1) is 7.97. The van der Waals surface area contributed by atoms with Crippen LogP contribution in [-0.4, -0.2) is 18.4 Å². The lowest BCUT2D eigenvalue weighted by molar-refractivity contribution is 0.603. The minimum absolute atomic E-state index is 0.0484. The summed E-state index contributed by atoms with van der Waals surface area (Å²) in [6.45, 7) is 0. The normalized spacial score (nSPS) is 11.4. The van der Waals surface area contributed by atoms with E-state index in [2.05, 4.69) is 30.6 Å². The molecule has 0 bridgehead atoms. The van der Waals surface area contributed by atoms with Crippen LogP contribution in [0.25, 0.3) is 0 Å². The number of rotatable bonds is 3. The zero-order valence-corrected chi connectivity index (χ0v) is 12.1. The Labute approximate surface area is 115 Å². The highest BCUT2D eigenvalue weighted by Crippen LogP contribution is 2.24. The number of halogens is 2. The van der Waals surface area contributed by atoms with Gasteiger partial charge in [0.1, 0.15) is 5.82 Å². The molecule has 0 aliphatic heterocycles. The molecule has 0 saturated heterocycles. The Morgan fingerprint density at radius 2 is 2.06 bits per heavy atom. The van der Waals surface area contributed by atoms with Crippen LogP contribution in [0.1, 0.15) is 0 Å². The Morgan fingerprint density at radius 3 is 2.59 bits per heavy atom. The third-order valence-electron chi connectivity index (χ3n) is 1.69. The lowest BCUT2D eigenvalue weighted by Gasteiger charge is -2.04. The zero-order chi connectivity index (χ0) is 12.5. The van der Waals surface area contributed by atoms with Crippen LogP contribution in [0.15, 0.2) is 33.2 Å². The maximum atomic E-state index is 11.8. The Hall–Kier alpha value is -0.700. The molecule has 2 heterocycles. The Bertz CT molecular complexity index is 626. The standard InChI is InChI=1S/C8H5BrClN3O2S2/c9-5-1-2-6(11-3-5)13-17(14,15)7-4-12-8(10)16-7/h1-4H,(H,11,13). The highest BCUT2D eigenvalue weighted by molar-refractivity contribution is 9.10. The summed E-state index contributed by atoms with van der Waals surface area (Å²) in [5, 5.41) is 0. The fraction of sp³-hybridized carbons (Fsp3) is 0.